The first-order chi connectivity index (χ1) is 12.8. The van der Waals surface area contributed by atoms with Gasteiger partial charge in [0.15, 0.2) is 9.84 Å². The van der Waals surface area contributed by atoms with Gasteiger partial charge < -0.3 is 0 Å². The molecule has 0 aliphatic heterocycles. The zero-order valence-corrected chi connectivity index (χ0v) is 17.9. The number of hydrogen-bond donors (Lipinski definition) is 0. The van der Waals surface area contributed by atoms with Gasteiger partial charge in [0, 0.05) is 0 Å². The Morgan fingerprint density at radius 3 is 2.22 bits per heavy atom. The fourth-order valence-electron chi connectivity index (χ4n) is 4.34. The maximum absolute atomic E-state index is 12.4. The van der Waals surface area contributed by atoms with Gasteiger partial charge in [-0.05, 0) is 74.6 Å². The molecule has 1 aliphatic rings. The van der Waals surface area contributed by atoms with E-state index in [1.807, 2.05) is 20.8 Å². The first-order valence-electron chi connectivity index (χ1n) is 10.5. The lowest BCUT2D eigenvalue weighted by molar-refractivity contribution is 0.274. The lowest BCUT2D eigenvalue weighted by Gasteiger charge is -2.30. The highest BCUT2D eigenvalue weighted by Gasteiger charge is 2.33. The Kier molecular flexibility index (Phi) is 6.30. The monoisotopic (exact) mass is 386 g/mol. The van der Waals surface area contributed by atoms with Crippen molar-refractivity contribution in [1.29, 1.82) is 0 Å². The molecule has 0 spiro atoms. The van der Waals surface area contributed by atoms with Crippen molar-refractivity contribution < 1.29 is 8.42 Å². The van der Waals surface area contributed by atoms with Crippen LogP contribution in [0.1, 0.15) is 64.9 Å². The Bertz CT molecular complexity index is 848. The second-order valence-electron chi connectivity index (χ2n) is 9.31. The molecule has 0 amide bonds. The summed E-state index contributed by atoms with van der Waals surface area (Å²) in [5, 5.41) is 2.71. The summed E-state index contributed by atoms with van der Waals surface area (Å²) < 4.78 is 24.3. The molecule has 0 unspecified atom stereocenters. The van der Waals surface area contributed by atoms with Gasteiger partial charge in [-0.25, -0.2) is 8.42 Å². The summed E-state index contributed by atoms with van der Waals surface area (Å²) in [6, 6.07) is 15.3. The fourth-order valence-corrected chi connectivity index (χ4v) is 5.79. The number of rotatable bonds is 6. The minimum absolute atomic E-state index is 0.364. The van der Waals surface area contributed by atoms with E-state index in [0.29, 0.717) is 11.7 Å². The molecule has 0 atom stereocenters. The van der Waals surface area contributed by atoms with Gasteiger partial charge in [-0.1, -0.05) is 61.7 Å². The van der Waals surface area contributed by atoms with Gasteiger partial charge >= 0.3 is 0 Å². The lowest BCUT2D eigenvalue weighted by atomic mass is 9.80. The van der Waals surface area contributed by atoms with Crippen LogP contribution >= 0.6 is 0 Å². The minimum atomic E-state index is -2.99. The second kappa shape index (κ2) is 8.34. The largest absolute Gasteiger partial charge is 0.228 e. The molecule has 2 aromatic carbocycles. The molecule has 2 nitrogen and oxygen atoms in total. The minimum Gasteiger partial charge on any atom is -0.228 e. The topological polar surface area (TPSA) is 34.1 Å². The van der Waals surface area contributed by atoms with E-state index in [4.69, 9.17) is 0 Å². The van der Waals surface area contributed by atoms with Crippen LogP contribution < -0.4 is 0 Å². The van der Waals surface area contributed by atoms with Gasteiger partial charge in [0.1, 0.15) is 0 Å². The molecule has 0 saturated heterocycles. The molecule has 1 fully saturated rings. The molecule has 148 valence electrons. The van der Waals surface area contributed by atoms with Gasteiger partial charge in [0.2, 0.25) is 0 Å². The third kappa shape index (κ3) is 5.13. The van der Waals surface area contributed by atoms with Crippen LogP contribution in [-0.2, 0) is 16.3 Å². The summed E-state index contributed by atoms with van der Waals surface area (Å²) in [6.07, 6.45) is 8.17. The molecule has 2 aromatic rings. The Hall–Kier alpha value is -1.35. The van der Waals surface area contributed by atoms with Crippen molar-refractivity contribution in [2.45, 2.75) is 70.5 Å². The van der Waals surface area contributed by atoms with E-state index in [0.717, 1.165) is 25.2 Å². The molecule has 3 rings (SSSR count). The summed E-state index contributed by atoms with van der Waals surface area (Å²) in [7, 11) is -2.99. The van der Waals surface area contributed by atoms with Crippen LogP contribution in [0.3, 0.4) is 0 Å². The van der Waals surface area contributed by atoms with Gasteiger partial charge in [-0.15, -0.1) is 0 Å². The molecular formula is C24H34O2S. The van der Waals surface area contributed by atoms with Gasteiger partial charge in [0.25, 0.3) is 0 Å². The van der Waals surface area contributed by atoms with E-state index in [1.165, 1.54) is 42.0 Å². The summed E-state index contributed by atoms with van der Waals surface area (Å²) in [5.74, 6) is 1.51. The van der Waals surface area contributed by atoms with Crippen LogP contribution in [0, 0.1) is 11.8 Å². The van der Waals surface area contributed by atoms with Crippen LogP contribution in [0.2, 0.25) is 0 Å². The van der Waals surface area contributed by atoms with Gasteiger partial charge in [-0.3, -0.25) is 0 Å². The van der Waals surface area contributed by atoms with Gasteiger partial charge in [0.05, 0.1) is 10.5 Å². The SMILES string of the molecule is CC(C)(C)S(=O)(=O)CC1CCC(CCCc2cccc3ccccc23)CC1. The fraction of sp³-hybridized carbons (Fsp3) is 0.583. The van der Waals surface area contributed by atoms with Crippen molar-refractivity contribution in [2.24, 2.45) is 11.8 Å². The first kappa shape index (κ1) is 20.4. The van der Waals surface area contributed by atoms with Crippen molar-refractivity contribution in [3.63, 3.8) is 0 Å². The van der Waals surface area contributed by atoms with Crippen LogP contribution in [0.4, 0.5) is 0 Å². The van der Waals surface area contributed by atoms with Crippen molar-refractivity contribution in [3.8, 4) is 0 Å². The zero-order valence-electron chi connectivity index (χ0n) is 17.1. The molecule has 1 saturated carbocycles. The van der Waals surface area contributed by atoms with Crippen molar-refractivity contribution in [1.82, 2.24) is 0 Å². The molecule has 0 radical (unpaired) electrons. The van der Waals surface area contributed by atoms with Crippen LogP contribution in [0.15, 0.2) is 42.5 Å². The highest BCUT2D eigenvalue weighted by Crippen LogP contribution is 2.34. The molecule has 3 heteroatoms. The Morgan fingerprint density at radius 2 is 1.52 bits per heavy atom. The van der Waals surface area contributed by atoms with E-state index in [1.54, 1.807) is 0 Å². The Balaban J connectivity index is 1.46. The van der Waals surface area contributed by atoms with Gasteiger partial charge in [-0.2, -0.15) is 0 Å². The quantitative estimate of drug-likeness (QED) is 0.594. The number of fused-ring (bicyclic) bond motifs is 1. The third-order valence-corrected chi connectivity index (χ3v) is 9.07. The van der Waals surface area contributed by atoms with Crippen LogP contribution in [0.25, 0.3) is 10.8 Å². The second-order valence-corrected chi connectivity index (χ2v) is 12.1. The number of hydrogen-bond acceptors (Lipinski definition) is 2. The van der Waals surface area contributed by atoms with E-state index in [9.17, 15) is 8.42 Å². The van der Waals surface area contributed by atoms with E-state index in [2.05, 4.69) is 42.5 Å². The normalized spacial score (nSPS) is 21.4. The summed E-state index contributed by atoms with van der Waals surface area (Å²) in [5.41, 5.74) is 1.46. The summed E-state index contributed by atoms with van der Waals surface area (Å²) in [6.45, 7) is 5.46. The molecule has 27 heavy (non-hydrogen) atoms. The maximum Gasteiger partial charge on any atom is 0.155 e. The molecular weight excluding hydrogens is 352 g/mol. The third-order valence-electron chi connectivity index (χ3n) is 6.29. The van der Waals surface area contributed by atoms with Crippen LogP contribution in [-0.4, -0.2) is 18.9 Å². The predicted octanol–water partition coefficient (Wildman–Crippen LogP) is 6.18. The van der Waals surface area contributed by atoms with Crippen molar-refractivity contribution >= 4 is 20.6 Å². The van der Waals surface area contributed by atoms with Crippen LogP contribution in [0.5, 0.6) is 0 Å². The predicted molar refractivity (Wildman–Crippen MR) is 116 cm³/mol. The zero-order chi connectivity index (χ0) is 19.5. The first-order valence-corrected chi connectivity index (χ1v) is 12.1. The highest BCUT2D eigenvalue weighted by atomic mass is 32.2. The van der Waals surface area contributed by atoms with Crippen molar-refractivity contribution in [2.75, 3.05) is 5.75 Å². The standard InChI is InChI=1S/C24H34O2S/c1-24(2,3)27(25,26)18-20-16-14-19(15-17-20)8-6-10-22-12-7-11-21-9-4-5-13-23(21)22/h4-5,7,9,11-13,19-20H,6,8,10,14-18H2,1-3H3. The highest BCUT2D eigenvalue weighted by molar-refractivity contribution is 7.92. The number of benzene rings is 2. The van der Waals surface area contributed by atoms with E-state index in [-0.39, 0.29) is 0 Å². The van der Waals surface area contributed by atoms with E-state index < -0.39 is 14.6 Å². The molecule has 0 heterocycles. The molecule has 0 N–H and O–H groups in total. The Labute approximate surface area is 165 Å². The molecule has 1 aliphatic carbocycles. The lowest BCUT2D eigenvalue weighted by Crippen LogP contribution is -2.34. The van der Waals surface area contributed by atoms with E-state index >= 15 is 0 Å². The summed E-state index contributed by atoms with van der Waals surface area (Å²) in [4.78, 5) is 0. The maximum atomic E-state index is 12.4. The molecule has 0 aromatic heterocycles. The average Bonchev–Trinajstić information content (AvgIpc) is 2.62. The summed E-state index contributed by atoms with van der Waals surface area (Å²) >= 11 is 0. The van der Waals surface area contributed by atoms with Crippen molar-refractivity contribution in [3.05, 3.63) is 48.0 Å². The number of sulfone groups is 1. The molecule has 0 bridgehead atoms. The average molecular weight is 387 g/mol. The Morgan fingerprint density at radius 1 is 0.889 bits per heavy atom. The smallest absolute Gasteiger partial charge is 0.155 e. The number of aryl methyl sites for hydroxylation is 1.